The summed E-state index contributed by atoms with van der Waals surface area (Å²) in [5, 5.41) is 3.00. The maximum atomic E-state index is 12.0. The van der Waals surface area contributed by atoms with Crippen LogP contribution in [0.2, 0.25) is 0 Å². The third kappa shape index (κ3) is 4.87. The number of aromatic nitrogens is 1. The molecule has 2 rings (SSSR count). The minimum atomic E-state index is -4.71. The van der Waals surface area contributed by atoms with Gasteiger partial charge in [-0.3, -0.25) is 0 Å². The van der Waals surface area contributed by atoms with E-state index in [0.29, 0.717) is 12.4 Å². The Morgan fingerprint density at radius 2 is 1.71 bits per heavy atom. The van der Waals surface area contributed by atoms with Gasteiger partial charge in [0.25, 0.3) is 0 Å². The smallest absolute Gasteiger partial charge is 0.497 e. The first-order chi connectivity index (χ1) is 9.96. The van der Waals surface area contributed by atoms with E-state index >= 15 is 0 Å². The molecule has 0 amide bonds. The van der Waals surface area contributed by atoms with E-state index in [-0.39, 0.29) is 5.75 Å². The van der Waals surface area contributed by atoms with Crippen molar-refractivity contribution >= 4 is 5.82 Å². The summed E-state index contributed by atoms with van der Waals surface area (Å²) in [6.07, 6.45) is -3.69. The predicted molar refractivity (Wildman–Crippen MR) is 71.2 cm³/mol. The van der Waals surface area contributed by atoms with Crippen LogP contribution >= 0.6 is 0 Å². The van der Waals surface area contributed by atoms with E-state index in [2.05, 4.69) is 15.0 Å². The molecule has 0 atom stereocenters. The maximum Gasteiger partial charge on any atom is 0.573 e. The second kappa shape index (κ2) is 6.34. The Balaban J connectivity index is 1.91. The number of anilines is 1. The van der Waals surface area contributed by atoms with Crippen molar-refractivity contribution in [2.45, 2.75) is 12.9 Å². The zero-order chi connectivity index (χ0) is 15.3. The lowest BCUT2D eigenvalue weighted by molar-refractivity contribution is -0.274. The number of benzene rings is 1. The zero-order valence-corrected chi connectivity index (χ0v) is 11.1. The Morgan fingerprint density at radius 3 is 2.24 bits per heavy atom. The summed E-state index contributed by atoms with van der Waals surface area (Å²) in [5.74, 6) is 0.864. The van der Waals surface area contributed by atoms with Crippen LogP contribution in [0.5, 0.6) is 11.5 Å². The summed E-state index contributed by atoms with van der Waals surface area (Å²) in [7, 11) is 1.59. The van der Waals surface area contributed by atoms with E-state index in [1.54, 1.807) is 7.11 Å². The number of nitrogens with zero attached hydrogens (tertiary/aromatic N) is 1. The SMILES string of the molecule is COc1ccc(CNc2ccc(OC(F)(F)F)cn2)cc1. The van der Waals surface area contributed by atoms with Gasteiger partial charge in [0.2, 0.25) is 0 Å². The van der Waals surface area contributed by atoms with Gasteiger partial charge >= 0.3 is 6.36 Å². The lowest BCUT2D eigenvalue weighted by Gasteiger charge is -2.10. The first-order valence-electron chi connectivity index (χ1n) is 6.05. The zero-order valence-electron chi connectivity index (χ0n) is 11.1. The summed E-state index contributed by atoms with van der Waals surface area (Å²) in [4.78, 5) is 3.85. The van der Waals surface area contributed by atoms with Gasteiger partial charge in [-0.15, -0.1) is 13.2 Å². The quantitative estimate of drug-likeness (QED) is 0.916. The van der Waals surface area contributed by atoms with E-state index < -0.39 is 6.36 Å². The van der Waals surface area contributed by atoms with Crippen LogP contribution in [0.4, 0.5) is 19.0 Å². The molecular weight excluding hydrogens is 285 g/mol. The van der Waals surface area contributed by atoms with Crippen LogP contribution < -0.4 is 14.8 Å². The molecule has 7 heteroatoms. The number of ether oxygens (including phenoxy) is 2. The molecule has 0 fully saturated rings. The van der Waals surface area contributed by atoms with E-state index in [4.69, 9.17) is 4.74 Å². The fourth-order valence-corrected chi connectivity index (χ4v) is 1.61. The standard InChI is InChI=1S/C14H13F3N2O2/c1-20-11-4-2-10(3-5-11)8-18-13-7-6-12(9-19-13)21-14(15,16)17/h2-7,9H,8H2,1H3,(H,18,19). The minimum Gasteiger partial charge on any atom is -0.497 e. The second-order valence-electron chi connectivity index (χ2n) is 4.13. The Kier molecular flexibility index (Phi) is 4.52. The third-order valence-electron chi connectivity index (χ3n) is 2.60. The van der Waals surface area contributed by atoms with Gasteiger partial charge in [-0.1, -0.05) is 12.1 Å². The Morgan fingerprint density at radius 1 is 1.05 bits per heavy atom. The highest BCUT2D eigenvalue weighted by Gasteiger charge is 2.31. The highest BCUT2D eigenvalue weighted by Crippen LogP contribution is 2.22. The van der Waals surface area contributed by atoms with Crippen molar-refractivity contribution in [1.29, 1.82) is 0 Å². The average molecular weight is 298 g/mol. The van der Waals surface area contributed by atoms with Crippen molar-refractivity contribution in [3.05, 3.63) is 48.2 Å². The summed E-state index contributed by atoms with van der Waals surface area (Å²) < 4.78 is 44.8. The van der Waals surface area contributed by atoms with Crippen LogP contribution in [0, 0.1) is 0 Å². The summed E-state index contributed by atoms with van der Waals surface area (Å²) in [5.41, 5.74) is 0.994. The van der Waals surface area contributed by atoms with E-state index in [1.807, 2.05) is 24.3 Å². The van der Waals surface area contributed by atoms with Gasteiger partial charge in [0.05, 0.1) is 13.3 Å². The van der Waals surface area contributed by atoms with Crippen molar-refractivity contribution in [2.24, 2.45) is 0 Å². The first-order valence-corrected chi connectivity index (χ1v) is 6.05. The lowest BCUT2D eigenvalue weighted by atomic mass is 10.2. The summed E-state index contributed by atoms with van der Waals surface area (Å²) in [6, 6.07) is 10.0. The van der Waals surface area contributed by atoms with Gasteiger partial charge in [0, 0.05) is 6.54 Å². The minimum absolute atomic E-state index is 0.350. The van der Waals surface area contributed by atoms with E-state index in [0.717, 1.165) is 17.5 Å². The molecule has 1 N–H and O–H groups in total. The summed E-state index contributed by atoms with van der Waals surface area (Å²) >= 11 is 0. The highest BCUT2D eigenvalue weighted by molar-refractivity contribution is 5.39. The highest BCUT2D eigenvalue weighted by atomic mass is 19.4. The van der Waals surface area contributed by atoms with Crippen LogP contribution in [0.25, 0.3) is 0 Å². The molecule has 0 saturated carbocycles. The number of alkyl halides is 3. The average Bonchev–Trinajstić information content (AvgIpc) is 2.45. The summed E-state index contributed by atoms with van der Waals surface area (Å²) in [6.45, 7) is 0.496. The first kappa shape index (κ1) is 15.0. The van der Waals surface area contributed by atoms with Crippen molar-refractivity contribution in [3.63, 3.8) is 0 Å². The molecule has 0 aliphatic carbocycles. The number of methoxy groups -OCH3 is 1. The monoisotopic (exact) mass is 298 g/mol. The van der Waals surface area contributed by atoms with Gasteiger partial charge in [-0.05, 0) is 29.8 Å². The molecule has 1 aromatic heterocycles. The number of rotatable bonds is 5. The molecule has 0 radical (unpaired) electrons. The van der Waals surface area contributed by atoms with Gasteiger partial charge in [-0.25, -0.2) is 4.98 Å². The topological polar surface area (TPSA) is 43.4 Å². The van der Waals surface area contributed by atoms with Crippen LogP contribution in [-0.2, 0) is 6.54 Å². The number of halogens is 3. The van der Waals surface area contributed by atoms with Crippen molar-refractivity contribution in [3.8, 4) is 11.5 Å². The molecule has 1 heterocycles. The van der Waals surface area contributed by atoms with Gasteiger partial charge < -0.3 is 14.8 Å². The Labute approximate surface area is 119 Å². The molecule has 112 valence electrons. The van der Waals surface area contributed by atoms with E-state index in [1.165, 1.54) is 12.1 Å². The van der Waals surface area contributed by atoms with Crippen LogP contribution in [-0.4, -0.2) is 18.5 Å². The molecular formula is C14H13F3N2O2. The van der Waals surface area contributed by atoms with Crippen LogP contribution in [0.1, 0.15) is 5.56 Å². The molecule has 21 heavy (non-hydrogen) atoms. The number of hydrogen-bond donors (Lipinski definition) is 1. The lowest BCUT2D eigenvalue weighted by Crippen LogP contribution is -2.17. The Bertz CT molecular complexity index is 568. The van der Waals surface area contributed by atoms with Crippen LogP contribution in [0.3, 0.4) is 0 Å². The molecule has 0 saturated heterocycles. The molecule has 0 spiro atoms. The van der Waals surface area contributed by atoms with Gasteiger partial charge in [-0.2, -0.15) is 0 Å². The van der Waals surface area contributed by atoms with Crippen molar-refractivity contribution < 1.29 is 22.6 Å². The molecule has 0 bridgehead atoms. The molecule has 1 aromatic carbocycles. The third-order valence-corrected chi connectivity index (χ3v) is 2.60. The second-order valence-corrected chi connectivity index (χ2v) is 4.13. The number of nitrogens with one attached hydrogen (secondary N) is 1. The van der Waals surface area contributed by atoms with Crippen LogP contribution in [0.15, 0.2) is 42.6 Å². The van der Waals surface area contributed by atoms with Gasteiger partial charge in [0.15, 0.2) is 0 Å². The molecule has 2 aromatic rings. The van der Waals surface area contributed by atoms with E-state index in [9.17, 15) is 13.2 Å². The molecule has 0 aliphatic rings. The van der Waals surface area contributed by atoms with Crippen molar-refractivity contribution in [2.75, 3.05) is 12.4 Å². The maximum absolute atomic E-state index is 12.0. The molecule has 0 aliphatic heterocycles. The fourth-order valence-electron chi connectivity index (χ4n) is 1.61. The largest absolute Gasteiger partial charge is 0.573 e. The van der Waals surface area contributed by atoms with Gasteiger partial charge in [0.1, 0.15) is 17.3 Å². The Hall–Kier alpha value is -2.44. The fraction of sp³-hybridized carbons (Fsp3) is 0.214. The molecule has 4 nitrogen and oxygen atoms in total. The predicted octanol–water partition coefficient (Wildman–Crippen LogP) is 3.60. The number of hydrogen-bond acceptors (Lipinski definition) is 4. The normalized spacial score (nSPS) is 11.0. The van der Waals surface area contributed by atoms with Crippen molar-refractivity contribution in [1.82, 2.24) is 4.98 Å². The molecule has 0 unspecified atom stereocenters. The number of pyridine rings is 1.